The van der Waals surface area contributed by atoms with Crippen LogP contribution in [0, 0.1) is 12.8 Å². The Morgan fingerprint density at radius 1 is 1.39 bits per heavy atom. The van der Waals surface area contributed by atoms with Gasteiger partial charge in [0.25, 0.3) is 0 Å². The molecule has 0 spiro atoms. The number of hydrogen-bond donors (Lipinski definition) is 1. The Balaban J connectivity index is 2.45. The molecule has 1 aromatic rings. The number of aliphatic imine (C=N–C) groups is 1. The maximum Gasteiger partial charge on any atom is 0.135 e. The number of benzene rings is 1. The predicted octanol–water partition coefficient (Wildman–Crippen LogP) is 3.74. The lowest BCUT2D eigenvalue weighted by molar-refractivity contribution is 0.460. The third kappa shape index (κ3) is 2.17. The third-order valence-electron chi connectivity index (χ3n) is 3.54. The van der Waals surface area contributed by atoms with Crippen LogP contribution in [0.15, 0.2) is 23.2 Å². The SMILES string of the molecule is Cc1ccc(C2=NC(C)(C(C)C)C(=S)N2)c(Cl)c1. The molecule has 0 fully saturated rings. The normalized spacial score (nSPS) is 23.2. The molecular weight excluding hydrogens is 264 g/mol. The summed E-state index contributed by atoms with van der Waals surface area (Å²) in [6.07, 6.45) is 0. The van der Waals surface area contributed by atoms with Crippen molar-refractivity contribution in [3.63, 3.8) is 0 Å². The van der Waals surface area contributed by atoms with Gasteiger partial charge in [-0.25, -0.2) is 0 Å². The van der Waals surface area contributed by atoms with Crippen LogP contribution in [0.2, 0.25) is 5.02 Å². The summed E-state index contributed by atoms with van der Waals surface area (Å²) in [5.74, 6) is 1.13. The highest BCUT2D eigenvalue weighted by molar-refractivity contribution is 7.80. The van der Waals surface area contributed by atoms with Crippen LogP contribution < -0.4 is 5.32 Å². The Morgan fingerprint density at radius 2 is 2.06 bits per heavy atom. The monoisotopic (exact) mass is 280 g/mol. The van der Waals surface area contributed by atoms with Crippen molar-refractivity contribution in [2.45, 2.75) is 33.2 Å². The summed E-state index contributed by atoms with van der Waals surface area (Å²) in [6.45, 7) is 8.32. The van der Waals surface area contributed by atoms with Crippen molar-refractivity contribution in [2.24, 2.45) is 10.9 Å². The minimum Gasteiger partial charge on any atom is -0.332 e. The number of nitrogens with zero attached hydrogens (tertiary/aromatic N) is 1. The molecule has 0 aliphatic carbocycles. The Hall–Kier alpha value is -0.930. The average Bonchev–Trinajstić information content (AvgIpc) is 2.56. The summed E-state index contributed by atoms with van der Waals surface area (Å²) in [7, 11) is 0. The standard InChI is InChI=1S/C14H17ClN2S/c1-8(2)14(4)13(18)16-12(17-14)10-6-5-9(3)7-11(10)15/h5-8H,1-4H3,(H,16,17,18). The summed E-state index contributed by atoms with van der Waals surface area (Å²) >= 11 is 11.7. The quantitative estimate of drug-likeness (QED) is 0.835. The van der Waals surface area contributed by atoms with Gasteiger partial charge in [0.2, 0.25) is 0 Å². The first kappa shape index (κ1) is 13.5. The minimum absolute atomic E-state index is 0.334. The van der Waals surface area contributed by atoms with Gasteiger partial charge in [0.15, 0.2) is 0 Å². The van der Waals surface area contributed by atoms with Gasteiger partial charge in [-0.2, -0.15) is 0 Å². The van der Waals surface area contributed by atoms with E-state index in [0.29, 0.717) is 10.9 Å². The fraction of sp³-hybridized carbons (Fsp3) is 0.429. The van der Waals surface area contributed by atoms with Gasteiger partial charge >= 0.3 is 0 Å². The van der Waals surface area contributed by atoms with Crippen LogP contribution >= 0.6 is 23.8 Å². The molecule has 0 saturated heterocycles. The number of nitrogens with one attached hydrogen (secondary N) is 1. The first-order valence-corrected chi connectivity index (χ1v) is 6.81. The molecule has 0 amide bonds. The second kappa shape index (κ2) is 4.63. The van der Waals surface area contributed by atoms with Gasteiger partial charge in [-0.15, -0.1) is 0 Å². The maximum absolute atomic E-state index is 6.27. The summed E-state index contributed by atoms with van der Waals surface area (Å²) in [4.78, 5) is 5.51. The van der Waals surface area contributed by atoms with E-state index in [2.05, 4.69) is 26.1 Å². The number of thiocarbonyl (C=S) groups is 1. The maximum atomic E-state index is 6.27. The number of aryl methyl sites for hydroxylation is 1. The lowest BCUT2D eigenvalue weighted by Gasteiger charge is -2.24. The van der Waals surface area contributed by atoms with Crippen molar-refractivity contribution in [2.75, 3.05) is 0 Å². The second-order valence-electron chi connectivity index (χ2n) is 5.20. The Labute approximate surface area is 118 Å². The molecule has 1 atom stereocenters. The van der Waals surface area contributed by atoms with E-state index in [0.717, 1.165) is 22.0 Å². The van der Waals surface area contributed by atoms with Crippen molar-refractivity contribution in [1.29, 1.82) is 0 Å². The van der Waals surface area contributed by atoms with Crippen LogP contribution in [0.5, 0.6) is 0 Å². The first-order valence-electron chi connectivity index (χ1n) is 6.02. The third-order valence-corrected chi connectivity index (χ3v) is 4.37. The number of halogens is 1. The van der Waals surface area contributed by atoms with E-state index in [1.165, 1.54) is 0 Å². The van der Waals surface area contributed by atoms with Gasteiger partial charge in [-0.1, -0.05) is 43.7 Å². The molecule has 1 N–H and O–H groups in total. The highest BCUT2D eigenvalue weighted by Crippen LogP contribution is 2.29. The topological polar surface area (TPSA) is 24.4 Å². The lowest BCUT2D eigenvalue weighted by atomic mass is 9.90. The van der Waals surface area contributed by atoms with Gasteiger partial charge in [0.05, 0.1) is 5.02 Å². The fourth-order valence-electron chi connectivity index (χ4n) is 1.88. The number of rotatable bonds is 2. The smallest absolute Gasteiger partial charge is 0.135 e. The van der Waals surface area contributed by atoms with Gasteiger partial charge < -0.3 is 5.32 Å². The molecule has 96 valence electrons. The van der Waals surface area contributed by atoms with Gasteiger partial charge in [0.1, 0.15) is 16.4 Å². The molecule has 0 saturated carbocycles. The summed E-state index contributed by atoms with van der Waals surface area (Å²) in [5, 5.41) is 3.90. The van der Waals surface area contributed by atoms with E-state index >= 15 is 0 Å². The molecule has 4 heteroatoms. The second-order valence-corrected chi connectivity index (χ2v) is 6.02. The Kier molecular flexibility index (Phi) is 3.47. The van der Waals surface area contributed by atoms with Crippen molar-refractivity contribution in [3.05, 3.63) is 34.3 Å². The molecule has 1 unspecified atom stereocenters. The highest BCUT2D eigenvalue weighted by atomic mass is 35.5. The largest absolute Gasteiger partial charge is 0.332 e. The molecule has 2 nitrogen and oxygen atoms in total. The van der Waals surface area contributed by atoms with Crippen molar-refractivity contribution < 1.29 is 0 Å². The highest BCUT2D eigenvalue weighted by Gasteiger charge is 2.38. The zero-order chi connectivity index (χ0) is 13.5. The van der Waals surface area contributed by atoms with Crippen LogP contribution in [-0.4, -0.2) is 16.4 Å². The minimum atomic E-state index is -0.334. The van der Waals surface area contributed by atoms with E-state index in [-0.39, 0.29) is 5.54 Å². The molecule has 1 aliphatic rings. The summed E-state index contributed by atoms with van der Waals surface area (Å²) in [5.41, 5.74) is 1.71. The van der Waals surface area contributed by atoms with Crippen LogP contribution in [-0.2, 0) is 0 Å². The Bertz CT molecular complexity index is 537. The molecule has 1 aromatic carbocycles. The van der Waals surface area contributed by atoms with Crippen LogP contribution in [0.3, 0.4) is 0 Å². The average molecular weight is 281 g/mol. The zero-order valence-corrected chi connectivity index (χ0v) is 12.6. The van der Waals surface area contributed by atoms with Crippen LogP contribution in [0.25, 0.3) is 0 Å². The summed E-state index contributed by atoms with van der Waals surface area (Å²) in [6, 6.07) is 5.95. The van der Waals surface area contributed by atoms with Crippen LogP contribution in [0.1, 0.15) is 31.9 Å². The zero-order valence-electron chi connectivity index (χ0n) is 11.0. The molecule has 18 heavy (non-hydrogen) atoms. The van der Waals surface area contributed by atoms with Crippen molar-refractivity contribution >= 4 is 34.6 Å². The molecule has 0 radical (unpaired) electrons. The molecule has 1 heterocycles. The fourth-order valence-corrected chi connectivity index (χ4v) is 2.58. The molecule has 0 aromatic heterocycles. The molecule has 2 rings (SSSR count). The molecule has 0 bridgehead atoms. The van der Waals surface area contributed by atoms with Crippen molar-refractivity contribution in [1.82, 2.24) is 5.32 Å². The van der Waals surface area contributed by atoms with Gasteiger partial charge in [-0.3, -0.25) is 4.99 Å². The van der Waals surface area contributed by atoms with E-state index in [9.17, 15) is 0 Å². The van der Waals surface area contributed by atoms with E-state index in [1.807, 2.05) is 25.1 Å². The number of amidine groups is 1. The Morgan fingerprint density at radius 3 is 2.56 bits per heavy atom. The summed E-state index contributed by atoms with van der Waals surface area (Å²) < 4.78 is 0. The van der Waals surface area contributed by atoms with Gasteiger partial charge in [-0.05, 0) is 37.5 Å². The van der Waals surface area contributed by atoms with Crippen LogP contribution in [0.4, 0.5) is 0 Å². The van der Waals surface area contributed by atoms with E-state index < -0.39 is 0 Å². The van der Waals surface area contributed by atoms with Crippen molar-refractivity contribution in [3.8, 4) is 0 Å². The van der Waals surface area contributed by atoms with E-state index in [1.54, 1.807) is 0 Å². The number of hydrogen-bond acceptors (Lipinski definition) is 2. The molecular formula is C14H17ClN2S. The predicted molar refractivity (Wildman–Crippen MR) is 81.7 cm³/mol. The first-order chi connectivity index (χ1) is 8.34. The van der Waals surface area contributed by atoms with E-state index in [4.69, 9.17) is 28.8 Å². The van der Waals surface area contributed by atoms with Gasteiger partial charge in [0, 0.05) is 5.56 Å². The molecule has 1 aliphatic heterocycles. The lowest BCUT2D eigenvalue weighted by Crippen LogP contribution is -2.39.